The standard InChI is InChI=1S/C8H20N2O2.2C3H9N.C2H2O2/c1-5(2)9-7(11)8(12)10-6(3)4;2*1-3(2)4;3-1-2-4/h5-12H,1-4H3;2*3H,4H2,1-2H3;1-2H. The third-order valence-electron chi connectivity index (χ3n) is 1.36. The van der Waals surface area contributed by atoms with E-state index >= 15 is 0 Å². The van der Waals surface area contributed by atoms with E-state index < -0.39 is 12.5 Å². The molecule has 0 heterocycles. The lowest BCUT2D eigenvalue weighted by atomic mass is 10.3. The first-order chi connectivity index (χ1) is 10.8. The van der Waals surface area contributed by atoms with Crippen molar-refractivity contribution in [3.05, 3.63) is 0 Å². The van der Waals surface area contributed by atoms with Crippen molar-refractivity contribution in [1.82, 2.24) is 10.6 Å². The first-order valence-corrected chi connectivity index (χ1v) is 8.09. The molecule has 0 aliphatic rings. The number of hydrogen-bond acceptors (Lipinski definition) is 8. The van der Waals surface area contributed by atoms with E-state index in [-0.39, 0.29) is 24.7 Å². The molecule has 0 rings (SSSR count). The lowest BCUT2D eigenvalue weighted by Gasteiger charge is -2.23. The van der Waals surface area contributed by atoms with Gasteiger partial charge in [0.25, 0.3) is 0 Å². The number of nitrogens with two attached hydrogens (primary N) is 2. The molecule has 8 heteroatoms. The Kier molecular flexibility index (Phi) is 28.5. The van der Waals surface area contributed by atoms with Crippen LogP contribution < -0.4 is 22.1 Å². The molecule has 0 aromatic rings. The molecule has 0 aromatic carbocycles. The molecule has 0 aromatic heterocycles. The maximum Gasteiger partial charge on any atom is 0.182 e. The zero-order chi connectivity index (χ0) is 20.3. The summed E-state index contributed by atoms with van der Waals surface area (Å²) in [5, 5.41) is 24.2. The van der Waals surface area contributed by atoms with Crippen LogP contribution in [0.4, 0.5) is 0 Å². The monoisotopic (exact) mass is 352 g/mol. The van der Waals surface area contributed by atoms with Crippen LogP contribution in [0.3, 0.4) is 0 Å². The van der Waals surface area contributed by atoms with E-state index in [0.717, 1.165) is 0 Å². The fourth-order valence-electron chi connectivity index (χ4n) is 0.865. The van der Waals surface area contributed by atoms with Crippen molar-refractivity contribution < 1.29 is 19.8 Å². The topological polar surface area (TPSA) is 151 Å². The van der Waals surface area contributed by atoms with Gasteiger partial charge in [-0.15, -0.1) is 0 Å². The van der Waals surface area contributed by atoms with Crippen LogP contribution in [0.15, 0.2) is 0 Å². The highest BCUT2D eigenvalue weighted by atomic mass is 16.4. The molecule has 0 bridgehead atoms. The molecule has 0 spiro atoms. The number of aliphatic hydroxyl groups is 2. The van der Waals surface area contributed by atoms with E-state index in [1.165, 1.54) is 0 Å². The second-order valence-corrected chi connectivity index (χ2v) is 6.29. The lowest BCUT2D eigenvalue weighted by Crippen LogP contribution is -2.51. The number of carbonyl (C=O) groups excluding carboxylic acids is 2. The summed E-state index contributed by atoms with van der Waals surface area (Å²) >= 11 is 0. The van der Waals surface area contributed by atoms with Crippen molar-refractivity contribution in [2.75, 3.05) is 0 Å². The summed E-state index contributed by atoms with van der Waals surface area (Å²) < 4.78 is 0. The number of rotatable bonds is 6. The van der Waals surface area contributed by atoms with Gasteiger partial charge in [-0.3, -0.25) is 20.2 Å². The van der Waals surface area contributed by atoms with Gasteiger partial charge in [0.15, 0.2) is 12.6 Å². The van der Waals surface area contributed by atoms with Crippen molar-refractivity contribution >= 4 is 12.6 Å². The van der Waals surface area contributed by atoms with Gasteiger partial charge in [-0.2, -0.15) is 0 Å². The zero-order valence-electron chi connectivity index (χ0n) is 16.5. The summed E-state index contributed by atoms with van der Waals surface area (Å²) in [4.78, 5) is 17.6. The van der Waals surface area contributed by atoms with Gasteiger partial charge in [-0.1, -0.05) is 27.7 Å². The summed E-state index contributed by atoms with van der Waals surface area (Å²) in [6.45, 7) is 15.4. The van der Waals surface area contributed by atoms with Crippen molar-refractivity contribution in [3.63, 3.8) is 0 Å². The van der Waals surface area contributed by atoms with Crippen molar-refractivity contribution in [2.45, 2.75) is 92.0 Å². The molecular formula is C16H40N4O4. The number of aldehydes is 2. The maximum absolute atomic E-state index is 9.31. The largest absolute Gasteiger partial charge is 0.374 e. The average molecular weight is 353 g/mol. The van der Waals surface area contributed by atoms with Crippen molar-refractivity contribution in [1.29, 1.82) is 0 Å². The summed E-state index contributed by atoms with van der Waals surface area (Å²) in [5.41, 5.74) is 10.2. The maximum atomic E-state index is 9.31. The number of aliphatic hydroxyl groups excluding tert-OH is 2. The summed E-state index contributed by atoms with van der Waals surface area (Å²) in [5.74, 6) is 0. The van der Waals surface area contributed by atoms with Gasteiger partial charge in [0.05, 0.1) is 0 Å². The highest BCUT2D eigenvalue weighted by Gasteiger charge is 2.16. The molecule has 0 saturated heterocycles. The van der Waals surface area contributed by atoms with Crippen LogP contribution >= 0.6 is 0 Å². The third kappa shape index (κ3) is 58.2. The first-order valence-electron chi connectivity index (χ1n) is 8.09. The highest BCUT2D eigenvalue weighted by molar-refractivity contribution is 6.09. The lowest BCUT2D eigenvalue weighted by molar-refractivity contribution is -0.122. The van der Waals surface area contributed by atoms with Gasteiger partial charge in [0.1, 0.15) is 12.5 Å². The Bertz CT molecular complexity index is 231. The van der Waals surface area contributed by atoms with Crippen molar-refractivity contribution in [3.8, 4) is 0 Å². The minimum Gasteiger partial charge on any atom is -0.374 e. The SMILES string of the molecule is CC(C)N.CC(C)N.CC(C)NC(O)C(O)NC(C)C.O=CC=O. The van der Waals surface area contributed by atoms with Crippen molar-refractivity contribution in [2.24, 2.45) is 11.5 Å². The molecule has 0 amide bonds. The van der Waals surface area contributed by atoms with Gasteiger partial charge in [0.2, 0.25) is 0 Å². The third-order valence-corrected chi connectivity index (χ3v) is 1.36. The minimum atomic E-state index is -0.910. The molecule has 24 heavy (non-hydrogen) atoms. The average Bonchev–Trinajstić information content (AvgIpc) is 2.36. The zero-order valence-corrected chi connectivity index (χ0v) is 16.5. The van der Waals surface area contributed by atoms with Crippen LogP contribution in [0.2, 0.25) is 0 Å². The Morgan fingerprint density at radius 2 is 0.833 bits per heavy atom. The number of carbonyl (C=O) groups is 2. The van der Waals surface area contributed by atoms with E-state index in [1.807, 2.05) is 55.4 Å². The van der Waals surface area contributed by atoms with Crippen LogP contribution in [0.1, 0.15) is 55.4 Å². The van der Waals surface area contributed by atoms with Gasteiger partial charge >= 0.3 is 0 Å². The van der Waals surface area contributed by atoms with Gasteiger partial charge in [-0.05, 0) is 39.8 Å². The summed E-state index contributed by atoms with van der Waals surface area (Å²) in [6, 6.07) is 0.979. The molecule has 8 nitrogen and oxygen atoms in total. The summed E-state index contributed by atoms with van der Waals surface area (Å²) in [6.07, 6.45) is -1.43. The number of hydrogen-bond donors (Lipinski definition) is 6. The molecule has 8 N–H and O–H groups in total. The van der Waals surface area contributed by atoms with Crippen LogP contribution in [0.5, 0.6) is 0 Å². The fourth-order valence-corrected chi connectivity index (χ4v) is 0.865. The normalized spacial score (nSPS) is 12.3. The van der Waals surface area contributed by atoms with E-state index in [4.69, 9.17) is 21.1 Å². The fraction of sp³-hybridized carbons (Fsp3) is 0.875. The summed E-state index contributed by atoms with van der Waals surface area (Å²) in [7, 11) is 0. The molecule has 2 atom stereocenters. The van der Waals surface area contributed by atoms with Crippen LogP contribution in [0.25, 0.3) is 0 Å². The Hall–Kier alpha value is -0.900. The molecule has 0 aliphatic heterocycles. The second-order valence-electron chi connectivity index (χ2n) is 6.29. The van der Waals surface area contributed by atoms with E-state index in [0.29, 0.717) is 12.1 Å². The quantitative estimate of drug-likeness (QED) is 0.217. The molecule has 0 radical (unpaired) electrons. The van der Waals surface area contributed by atoms with Gasteiger partial charge in [-0.25, -0.2) is 0 Å². The van der Waals surface area contributed by atoms with E-state index in [1.54, 1.807) is 0 Å². The molecule has 0 fully saturated rings. The van der Waals surface area contributed by atoms with E-state index in [9.17, 15) is 10.2 Å². The Labute approximate surface area is 147 Å². The molecule has 2 unspecified atom stereocenters. The van der Waals surface area contributed by atoms with Crippen LogP contribution in [-0.4, -0.2) is 59.4 Å². The van der Waals surface area contributed by atoms with E-state index in [2.05, 4.69) is 10.6 Å². The number of nitrogens with one attached hydrogen (secondary N) is 2. The minimum absolute atomic E-state index is 0.156. The smallest absolute Gasteiger partial charge is 0.182 e. The predicted octanol–water partition coefficient (Wildman–Crippen LogP) is -0.290. The first kappa shape index (κ1) is 30.9. The van der Waals surface area contributed by atoms with Gasteiger partial charge in [0, 0.05) is 12.1 Å². The molecule has 148 valence electrons. The van der Waals surface area contributed by atoms with Crippen LogP contribution in [0, 0.1) is 0 Å². The van der Waals surface area contributed by atoms with Gasteiger partial charge < -0.3 is 21.7 Å². The Balaban J connectivity index is -0.000000137. The second kappa shape index (κ2) is 22.1. The molecule has 0 aliphatic carbocycles. The molecule has 0 saturated carbocycles. The van der Waals surface area contributed by atoms with Crippen LogP contribution in [-0.2, 0) is 9.59 Å². The predicted molar refractivity (Wildman–Crippen MR) is 99.3 cm³/mol. The Morgan fingerprint density at radius 3 is 0.917 bits per heavy atom. The Morgan fingerprint density at radius 1 is 0.667 bits per heavy atom. The molecular weight excluding hydrogens is 312 g/mol. The highest BCUT2D eigenvalue weighted by Crippen LogP contribution is 1.90.